The molecule has 3 N–H and O–H groups in total. The molecule has 2 amide bonds. The highest BCUT2D eigenvalue weighted by Gasteiger charge is 2.20. The normalized spacial score (nSPS) is 12.1. The number of nitrogens with one attached hydrogen (secondary N) is 3. The molecule has 0 saturated carbocycles. The Balaban J connectivity index is 1.97. The topological polar surface area (TPSA) is 137 Å². The monoisotopic (exact) mass is 483 g/mol. The van der Waals surface area contributed by atoms with E-state index in [1.54, 1.807) is 25.1 Å². The lowest BCUT2D eigenvalue weighted by molar-refractivity contribution is 0.0963. The lowest BCUT2D eigenvalue weighted by Gasteiger charge is -2.16. The van der Waals surface area contributed by atoms with Crippen molar-refractivity contribution in [2.75, 3.05) is 45.0 Å². The van der Waals surface area contributed by atoms with Crippen molar-refractivity contribution in [1.29, 1.82) is 0 Å². The fourth-order valence-corrected chi connectivity index (χ4v) is 3.23. The number of hydrogen-bond donors (Lipinski definition) is 3. The van der Waals surface area contributed by atoms with Crippen LogP contribution in [0, 0.1) is 13.8 Å². The van der Waals surface area contributed by atoms with Gasteiger partial charge in [0.15, 0.2) is 11.5 Å². The maximum Gasteiger partial charge on any atom is 0.259 e. The Morgan fingerprint density at radius 3 is 2.57 bits per heavy atom. The van der Waals surface area contributed by atoms with E-state index in [-0.39, 0.29) is 35.0 Å². The molecule has 11 heteroatoms. The van der Waals surface area contributed by atoms with Crippen LogP contribution in [0.1, 0.15) is 36.3 Å². The molecule has 0 fully saturated rings. The second kappa shape index (κ2) is 11.7. The summed E-state index contributed by atoms with van der Waals surface area (Å²) >= 11 is 0. The van der Waals surface area contributed by atoms with Crippen LogP contribution in [0.25, 0.3) is 0 Å². The quantitative estimate of drug-likeness (QED) is 0.372. The molecule has 0 atom stereocenters. The minimum Gasteiger partial charge on any atom is -0.492 e. The molecule has 184 valence electrons. The number of anilines is 3. The Morgan fingerprint density at radius 1 is 1.03 bits per heavy atom. The highest BCUT2D eigenvalue weighted by molar-refractivity contribution is 6.10. The van der Waals surface area contributed by atoms with Crippen molar-refractivity contribution in [2.45, 2.75) is 13.8 Å². The van der Waals surface area contributed by atoms with Gasteiger partial charge in [0.1, 0.15) is 24.1 Å². The first-order valence-corrected chi connectivity index (χ1v) is 10.5. The number of pyridine rings is 1. The predicted octanol–water partition coefficient (Wildman–Crippen LogP) is 2.88. The molecule has 0 aliphatic rings. The van der Waals surface area contributed by atoms with Gasteiger partial charge in [0, 0.05) is 42.2 Å². The van der Waals surface area contributed by atoms with Crippen LogP contribution < -0.4 is 25.4 Å². The van der Waals surface area contributed by atoms with E-state index < -0.39 is 18.8 Å². The summed E-state index contributed by atoms with van der Waals surface area (Å²) < 4.78 is 38.1. The second-order valence-corrected chi connectivity index (χ2v) is 7.27. The molecule has 1 aromatic carbocycles. The van der Waals surface area contributed by atoms with Crippen LogP contribution in [0.2, 0.25) is 0 Å². The molecular weight excluding hydrogens is 452 g/mol. The molecule has 35 heavy (non-hydrogen) atoms. The van der Waals surface area contributed by atoms with Gasteiger partial charge >= 0.3 is 0 Å². The van der Waals surface area contributed by atoms with Crippen LogP contribution in [0.3, 0.4) is 0 Å². The molecule has 0 bridgehead atoms. The molecule has 3 aromatic rings. The van der Waals surface area contributed by atoms with E-state index >= 15 is 0 Å². The van der Waals surface area contributed by atoms with Crippen molar-refractivity contribution < 1.29 is 27.9 Å². The van der Waals surface area contributed by atoms with Crippen molar-refractivity contribution in [3.8, 4) is 11.5 Å². The Kier molecular flexibility index (Phi) is 7.15. The van der Waals surface area contributed by atoms with E-state index in [2.05, 4.69) is 25.6 Å². The van der Waals surface area contributed by atoms with E-state index in [1.165, 1.54) is 26.4 Å². The fourth-order valence-electron chi connectivity index (χ4n) is 3.23. The van der Waals surface area contributed by atoms with Gasteiger partial charge < -0.3 is 30.2 Å². The van der Waals surface area contributed by atoms with Crippen molar-refractivity contribution in [3.05, 3.63) is 59.2 Å². The SMILES string of the molecule is [2H]C([2H])([2H])NC(=O)c1cnc(Nc2cc(C)nc(C)n2)cc1NC(=O)c1cccc(OCCOC)c1OC. The van der Waals surface area contributed by atoms with Gasteiger partial charge in [-0.05, 0) is 26.0 Å². The van der Waals surface area contributed by atoms with Crippen molar-refractivity contribution in [2.24, 2.45) is 0 Å². The summed E-state index contributed by atoms with van der Waals surface area (Å²) in [6, 6.07) is 7.86. The van der Waals surface area contributed by atoms with Crippen LogP contribution in [0.4, 0.5) is 17.3 Å². The first-order valence-electron chi connectivity index (χ1n) is 12.0. The minimum absolute atomic E-state index is 0.00417. The van der Waals surface area contributed by atoms with Gasteiger partial charge in [0.25, 0.3) is 11.8 Å². The number of benzene rings is 1. The Bertz CT molecular complexity index is 1300. The maximum atomic E-state index is 13.3. The van der Waals surface area contributed by atoms with Crippen molar-refractivity contribution >= 4 is 29.1 Å². The third kappa shape index (κ3) is 6.42. The molecule has 0 saturated heterocycles. The number of aromatic nitrogens is 3. The highest BCUT2D eigenvalue weighted by Crippen LogP contribution is 2.32. The Morgan fingerprint density at radius 2 is 1.86 bits per heavy atom. The molecule has 2 heterocycles. The Hall–Kier alpha value is -4.25. The first-order chi connectivity index (χ1) is 18.0. The number of hydrogen-bond acceptors (Lipinski definition) is 9. The standard InChI is InChI=1S/C24H28N6O5/c1-14-11-21(28-15(2)27-14)30-20-12-18(17(13-26-20)23(31)25-3)29-24(32)16-7-6-8-19(22(16)34-5)35-10-9-33-4/h6-8,11-13H,9-10H2,1-5H3,(H,25,31)(H2,26,27,28,29,30,32)/i3D3. The fraction of sp³-hybridized carbons (Fsp3) is 0.292. The summed E-state index contributed by atoms with van der Waals surface area (Å²) in [5, 5.41) is 7.56. The number of para-hydroxylation sites is 1. The molecule has 0 radical (unpaired) electrons. The lowest BCUT2D eigenvalue weighted by Crippen LogP contribution is -2.22. The smallest absolute Gasteiger partial charge is 0.259 e. The molecule has 11 nitrogen and oxygen atoms in total. The van der Waals surface area contributed by atoms with E-state index in [4.69, 9.17) is 18.3 Å². The molecule has 3 rings (SSSR count). The zero-order valence-electron chi connectivity index (χ0n) is 22.8. The first kappa shape index (κ1) is 21.3. The van der Waals surface area contributed by atoms with Crippen molar-refractivity contribution in [1.82, 2.24) is 20.3 Å². The summed E-state index contributed by atoms with van der Waals surface area (Å²) in [7, 11) is 2.93. The predicted molar refractivity (Wildman–Crippen MR) is 131 cm³/mol. The number of carbonyl (C=O) groups excluding carboxylic acids is 2. The van der Waals surface area contributed by atoms with E-state index in [0.29, 0.717) is 24.0 Å². The summed E-state index contributed by atoms with van der Waals surface area (Å²) in [5.74, 6) is 0.144. The van der Waals surface area contributed by atoms with Crippen molar-refractivity contribution in [3.63, 3.8) is 0 Å². The summed E-state index contributed by atoms with van der Waals surface area (Å²) in [5.41, 5.74) is 0.686. The number of rotatable bonds is 10. The Labute approximate surface area is 207 Å². The number of carbonyl (C=O) groups is 2. The summed E-state index contributed by atoms with van der Waals surface area (Å²) in [6.07, 6.45) is 1.15. The molecule has 0 aliphatic carbocycles. The van der Waals surface area contributed by atoms with Gasteiger partial charge in [0.2, 0.25) is 0 Å². The zero-order valence-corrected chi connectivity index (χ0v) is 19.8. The van der Waals surface area contributed by atoms with E-state index in [1.807, 2.05) is 12.2 Å². The lowest BCUT2D eigenvalue weighted by atomic mass is 10.1. The third-order valence-electron chi connectivity index (χ3n) is 4.71. The number of methoxy groups -OCH3 is 2. The average Bonchev–Trinajstić information content (AvgIpc) is 2.82. The molecular formula is C24H28N6O5. The second-order valence-electron chi connectivity index (χ2n) is 7.27. The highest BCUT2D eigenvalue weighted by atomic mass is 16.5. The van der Waals surface area contributed by atoms with Gasteiger partial charge in [0.05, 0.1) is 30.5 Å². The maximum absolute atomic E-state index is 13.3. The number of aryl methyl sites for hydroxylation is 2. The number of ether oxygens (including phenoxy) is 3. The van der Waals surface area contributed by atoms with E-state index in [0.717, 1.165) is 11.9 Å². The van der Waals surface area contributed by atoms with E-state index in [9.17, 15) is 9.59 Å². The van der Waals surface area contributed by atoms with Gasteiger partial charge in [-0.2, -0.15) is 0 Å². The summed E-state index contributed by atoms with van der Waals surface area (Å²) in [4.78, 5) is 38.7. The minimum atomic E-state index is -2.75. The molecule has 2 aromatic heterocycles. The number of amides is 2. The van der Waals surface area contributed by atoms with Crippen LogP contribution in [0.5, 0.6) is 11.5 Å². The van der Waals surface area contributed by atoms with Crippen LogP contribution in [0.15, 0.2) is 36.5 Å². The summed E-state index contributed by atoms with van der Waals surface area (Å²) in [6.45, 7) is 1.36. The van der Waals surface area contributed by atoms with Crippen LogP contribution in [-0.2, 0) is 4.74 Å². The van der Waals surface area contributed by atoms with Crippen LogP contribution >= 0.6 is 0 Å². The molecule has 0 unspecified atom stereocenters. The van der Waals surface area contributed by atoms with Gasteiger partial charge in [-0.1, -0.05) is 6.07 Å². The molecule has 0 aliphatic heterocycles. The average molecular weight is 484 g/mol. The van der Waals surface area contributed by atoms with Gasteiger partial charge in [-0.15, -0.1) is 0 Å². The zero-order chi connectivity index (χ0) is 27.9. The largest absolute Gasteiger partial charge is 0.492 e. The van der Waals surface area contributed by atoms with Crippen LogP contribution in [-0.4, -0.2) is 61.2 Å². The molecule has 0 spiro atoms. The van der Waals surface area contributed by atoms with Gasteiger partial charge in [-0.3, -0.25) is 9.59 Å². The van der Waals surface area contributed by atoms with Gasteiger partial charge in [-0.25, -0.2) is 15.0 Å². The third-order valence-corrected chi connectivity index (χ3v) is 4.71. The number of nitrogens with zero attached hydrogens (tertiary/aromatic N) is 3.